The molecule has 0 amide bonds. The molecule has 0 N–H and O–H groups in total. The Kier molecular flexibility index (Phi) is 6.02. The molecule has 1 aliphatic carbocycles. The molecule has 6 nitrogen and oxygen atoms in total. The van der Waals surface area contributed by atoms with Gasteiger partial charge in [0.15, 0.2) is 0 Å². The number of rotatable bonds is 4. The standard InChI is InChI=1S/C20H17BrN2O4S2/c1-14-3-8-17(9-4-14)28(24,25)22-16-7-12-20(19(21)13-16)23-29(26,27)18-10-5-15(2)6-11-18/h3-13H,1-2H3/b22-16+,23-20+. The molecule has 0 fully saturated rings. The predicted octanol–water partition coefficient (Wildman–Crippen LogP) is 4.11. The molecule has 0 spiro atoms. The van der Waals surface area contributed by atoms with Crippen molar-refractivity contribution in [3.63, 3.8) is 0 Å². The second kappa shape index (κ2) is 8.17. The summed E-state index contributed by atoms with van der Waals surface area (Å²) in [5, 5.41) is 0. The fraction of sp³-hybridized carbons (Fsp3) is 0.100. The van der Waals surface area contributed by atoms with Crippen molar-refractivity contribution in [2.75, 3.05) is 0 Å². The molecule has 0 atom stereocenters. The summed E-state index contributed by atoms with van der Waals surface area (Å²) >= 11 is 3.24. The summed E-state index contributed by atoms with van der Waals surface area (Å²) in [7, 11) is -7.79. The van der Waals surface area contributed by atoms with Gasteiger partial charge in [0, 0.05) is 4.48 Å². The van der Waals surface area contributed by atoms with Crippen LogP contribution in [0.3, 0.4) is 0 Å². The largest absolute Gasteiger partial charge is 0.282 e. The first-order valence-corrected chi connectivity index (χ1v) is 12.1. The quantitative estimate of drug-likeness (QED) is 0.600. The minimum Gasteiger partial charge on any atom is -0.199 e. The molecule has 0 heterocycles. The zero-order valence-electron chi connectivity index (χ0n) is 15.6. The molecule has 9 heteroatoms. The maximum absolute atomic E-state index is 12.5. The number of sulfonamides is 2. The average molecular weight is 493 g/mol. The van der Waals surface area contributed by atoms with Crippen molar-refractivity contribution >= 4 is 47.4 Å². The molecule has 150 valence electrons. The fourth-order valence-corrected chi connectivity index (χ4v) is 4.97. The first kappa shape index (κ1) is 21.4. The van der Waals surface area contributed by atoms with Crippen molar-refractivity contribution in [3.05, 3.63) is 82.4 Å². The Balaban J connectivity index is 1.90. The van der Waals surface area contributed by atoms with Crippen LogP contribution < -0.4 is 0 Å². The summed E-state index contributed by atoms with van der Waals surface area (Å²) in [4.78, 5) is 0.153. The van der Waals surface area contributed by atoms with Crippen LogP contribution >= 0.6 is 15.9 Å². The average Bonchev–Trinajstić information content (AvgIpc) is 2.64. The number of nitrogens with zero attached hydrogens (tertiary/aromatic N) is 2. The van der Waals surface area contributed by atoms with Gasteiger partial charge in [0.25, 0.3) is 20.0 Å². The highest BCUT2D eigenvalue weighted by Crippen LogP contribution is 2.21. The summed E-state index contributed by atoms with van der Waals surface area (Å²) in [6, 6.07) is 12.7. The van der Waals surface area contributed by atoms with Crippen molar-refractivity contribution in [3.8, 4) is 0 Å². The highest BCUT2D eigenvalue weighted by molar-refractivity contribution is 9.12. The van der Waals surface area contributed by atoms with Crippen LogP contribution in [0.4, 0.5) is 0 Å². The van der Waals surface area contributed by atoms with Gasteiger partial charge in [0.2, 0.25) is 0 Å². The van der Waals surface area contributed by atoms with Gasteiger partial charge in [-0.25, -0.2) is 0 Å². The van der Waals surface area contributed by atoms with Gasteiger partial charge in [0.05, 0.1) is 21.2 Å². The Bertz CT molecular complexity index is 1270. The lowest BCUT2D eigenvalue weighted by Crippen LogP contribution is -2.10. The maximum atomic E-state index is 12.5. The highest BCUT2D eigenvalue weighted by Gasteiger charge is 2.18. The smallest absolute Gasteiger partial charge is 0.199 e. The first-order valence-electron chi connectivity index (χ1n) is 8.46. The van der Waals surface area contributed by atoms with Gasteiger partial charge < -0.3 is 0 Å². The van der Waals surface area contributed by atoms with Gasteiger partial charge in [-0.1, -0.05) is 35.4 Å². The second-order valence-electron chi connectivity index (χ2n) is 6.39. The number of hydrogen-bond donors (Lipinski definition) is 0. The Hall–Kier alpha value is -2.36. The van der Waals surface area contributed by atoms with E-state index in [0.29, 0.717) is 4.48 Å². The Labute approximate surface area is 178 Å². The molecular weight excluding hydrogens is 476 g/mol. The van der Waals surface area contributed by atoms with Crippen LogP contribution in [0.2, 0.25) is 0 Å². The molecule has 0 aromatic heterocycles. The van der Waals surface area contributed by atoms with Gasteiger partial charge in [-0.3, -0.25) is 0 Å². The molecule has 1 aliphatic rings. The van der Waals surface area contributed by atoms with Crippen LogP contribution in [0.25, 0.3) is 0 Å². The second-order valence-corrected chi connectivity index (χ2v) is 10.5. The topological polar surface area (TPSA) is 93.0 Å². The van der Waals surface area contributed by atoms with E-state index in [4.69, 9.17) is 0 Å². The van der Waals surface area contributed by atoms with E-state index in [-0.39, 0.29) is 21.2 Å². The predicted molar refractivity (Wildman–Crippen MR) is 118 cm³/mol. The molecular formula is C20H17BrN2O4S2. The van der Waals surface area contributed by atoms with E-state index in [1.54, 1.807) is 24.3 Å². The molecule has 0 saturated carbocycles. The van der Waals surface area contributed by atoms with Crippen LogP contribution in [0.1, 0.15) is 11.1 Å². The highest BCUT2D eigenvalue weighted by atomic mass is 79.9. The van der Waals surface area contributed by atoms with Crippen molar-refractivity contribution in [2.24, 2.45) is 8.80 Å². The van der Waals surface area contributed by atoms with E-state index >= 15 is 0 Å². The molecule has 2 aromatic carbocycles. The monoisotopic (exact) mass is 492 g/mol. The summed E-state index contributed by atoms with van der Waals surface area (Å²) in [5.74, 6) is 0. The summed E-state index contributed by atoms with van der Waals surface area (Å²) in [5.41, 5.74) is 2.18. The lowest BCUT2D eigenvalue weighted by atomic mass is 10.1. The van der Waals surface area contributed by atoms with Crippen LogP contribution in [0, 0.1) is 13.8 Å². The third-order valence-electron chi connectivity index (χ3n) is 4.01. The normalized spacial score (nSPS) is 17.6. The molecule has 29 heavy (non-hydrogen) atoms. The molecule has 0 bridgehead atoms. The zero-order chi connectivity index (χ0) is 21.2. The molecule has 0 saturated heterocycles. The van der Waals surface area contributed by atoms with E-state index in [9.17, 15) is 16.8 Å². The van der Waals surface area contributed by atoms with Crippen LogP contribution in [0.15, 0.2) is 89.8 Å². The van der Waals surface area contributed by atoms with E-state index < -0.39 is 20.0 Å². The Morgan fingerprint density at radius 2 is 1.14 bits per heavy atom. The van der Waals surface area contributed by atoms with Crippen molar-refractivity contribution in [1.82, 2.24) is 0 Å². The number of hydrogen-bond acceptors (Lipinski definition) is 4. The van der Waals surface area contributed by atoms with Crippen molar-refractivity contribution in [1.29, 1.82) is 0 Å². The molecule has 0 unspecified atom stereocenters. The van der Waals surface area contributed by atoms with Crippen molar-refractivity contribution < 1.29 is 16.8 Å². The van der Waals surface area contributed by atoms with Gasteiger partial charge in [0.1, 0.15) is 0 Å². The number of benzene rings is 2. The Morgan fingerprint density at radius 1 is 0.690 bits per heavy atom. The van der Waals surface area contributed by atoms with Gasteiger partial charge in [-0.2, -0.15) is 25.6 Å². The summed E-state index contributed by atoms with van der Waals surface area (Å²) in [6.45, 7) is 3.72. The lowest BCUT2D eigenvalue weighted by molar-refractivity contribution is 0.596. The summed E-state index contributed by atoms with van der Waals surface area (Å²) in [6.07, 6.45) is 4.22. The number of halogens is 1. The minimum atomic E-state index is -3.90. The maximum Gasteiger partial charge on any atom is 0.282 e. The van der Waals surface area contributed by atoms with Crippen LogP contribution in [-0.4, -0.2) is 28.3 Å². The van der Waals surface area contributed by atoms with Gasteiger partial charge >= 0.3 is 0 Å². The summed E-state index contributed by atoms with van der Waals surface area (Å²) < 4.78 is 57.8. The molecule has 2 aromatic rings. The van der Waals surface area contributed by atoms with Crippen LogP contribution in [0.5, 0.6) is 0 Å². The van der Waals surface area contributed by atoms with E-state index in [0.717, 1.165) is 11.1 Å². The van der Waals surface area contributed by atoms with Gasteiger partial charge in [-0.05, 0) is 72.3 Å². The van der Waals surface area contributed by atoms with Crippen molar-refractivity contribution in [2.45, 2.75) is 23.6 Å². The zero-order valence-corrected chi connectivity index (χ0v) is 18.8. The fourth-order valence-electron chi connectivity index (χ4n) is 2.42. The molecule has 0 radical (unpaired) electrons. The lowest BCUT2D eigenvalue weighted by Gasteiger charge is -2.08. The molecule has 3 rings (SSSR count). The number of aryl methyl sites for hydroxylation is 2. The third kappa shape index (κ3) is 5.17. The van der Waals surface area contributed by atoms with Gasteiger partial charge in [-0.15, -0.1) is 0 Å². The Morgan fingerprint density at radius 3 is 1.59 bits per heavy atom. The third-order valence-corrected chi connectivity index (χ3v) is 7.27. The molecule has 0 aliphatic heterocycles. The first-order chi connectivity index (χ1) is 13.6. The van der Waals surface area contributed by atoms with E-state index in [1.165, 1.54) is 42.5 Å². The van der Waals surface area contributed by atoms with E-state index in [1.807, 2.05) is 13.8 Å². The number of allylic oxidation sites excluding steroid dienone is 4. The SMILES string of the molecule is Cc1ccc(S(=O)(=O)/N=C2C=C/C(=N\S(=O)(=O)c3ccc(C)cc3)C(Br)=C\2)cc1. The minimum absolute atomic E-state index is 0.0747. The van der Waals surface area contributed by atoms with E-state index in [2.05, 4.69) is 24.7 Å². The van der Waals surface area contributed by atoms with Crippen LogP contribution in [-0.2, 0) is 20.0 Å².